The van der Waals surface area contributed by atoms with Crippen LogP contribution in [0.5, 0.6) is 0 Å². The first kappa shape index (κ1) is 19.1. The molecule has 0 aromatic heterocycles. The molecule has 1 heterocycles. The molecular weight excluding hydrogens is 313 g/mol. The summed E-state index contributed by atoms with van der Waals surface area (Å²) in [5, 5.41) is 2.57. The number of ether oxygens (including phenoxy) is 2. The quantitative estimate of drug-likeness (QED) is 0.452. The van der Waals surface area contributed by atoms with Gasteiger partial charge in [0.05, 0.1) is 18.8 Å². The molecule has 1 rings (SSSR count). The van der Waals surface area contributed by atoms with E-state index in [0.29, 0.717) is 13.2 Å². The van der Waals surface area contributed by atoms with Crippen LogP contribution < -0.4 is 5.32 Å². The molecule has 0 unspecified atom stereocenters. The summed E-state index contributed by atoms with van der Waals surface area (Å²) < 4.78 is 25.7. The summed E-state index contributed by atoms with van der Waals surface area (Å²) in [4.78, 5) is 22.4. The van der Waals surface area contributed by atoms with Crippen LogP contribution in [0.1, 0.15) is 34.6 Å². The standard InChI is InChI=1S/C13H24NO7P/c1-10(15)17-8-13(4,5)14-11(16)18-9-21-22-19-6-12(2,3)7-20-22/h6-9H2,1-5H3,(H,14,16). The molecule has 0 aromatic rings. The van der Waals surface area contributed by atoms with Crippen LogP contribution in [0.4, 0.5) is 4.79 Å². The Morgan fingerprint density at radius 2 is 1.82 bits per heavy atom. The van der Waals surface area contributed by atoms with Gasteiger partial charge in [-0.2, -0.15) is 0 Å². The number of hydrogen-bond acceptors (Lipinski definition) is 7. The Morgan fingerprint density at radius 3 is 2.36 bits per heavy atom. The number of carbonyl (C=O) groups excluding carboxylic acids is 2. The molecule has 0 aromatic carbocycles. The number of hydrogen-bond donors (Lipinski definition) is 1. The Morgan fingerprint density at radius 1 is 1.23 bits per heavy atom. The number of amides is 1. The zero-order valence-electron chi connectivity index (χ0n) is 13.6. The largest absolute Gasteiger partial charge is 0.463 e. The van der Waals surface area contributed by atoms with E-state index < -0.39 is 26.2 Å². The second kappa shape index (κ2) is 8.06. The summed E-state index contributed by atoms with van der Waals surface area (Å²) in [5.74, 6) is -0.413. The maximum atomic E-state index is 11.6. The van der Waals surface area contributed by atoms with Crippen molar-refractivity contribution in [2.45, 2.75) is 40.2 Å². The maximum Gasteiger partial charge on any atom is 0.409 e. The van der Waals surface area contributed by atoms with E-state index in [-0.39, 0.29) is 18.8 Å². The predicted octanol–water partition coefficient (Wildman–Crippen LogP) is 2.33. The van der Waals surface area contributed by atoms with Gasteiger partial charge in [0.1, 0.15) is 6.61 Å². The van der Waals surface area contributed by atoms with Gasteiger partial charge in [0, 0.05) is 12.3 Å². The highest BCUT2D eigenvalue weighted by Crippen LogP contribution is 2.46. The molecular formula is C13H24NO7P. The zero-order valence-corrected chi connectivity index (χ0v) is 14.5. The van der Waals surface area contributed by atoms with E-state index in [0.717, 1.165) is 0 Å². The monoisotopic (exact) mass is 337 g/mol. The SMILES string of the molecule is CC(=O)OCC(C)(C)NC(=O)OCOP1OCC(C)(C)CO1. The molecule has 128 valence electrons. The van der Waals surface area contributed by atoms with Gasteiger partial charge in [-0.25, -0.2) is 4.79 Å². The fraction of sp³-hybridized carbons (Fsp3) is 0.846. The fourth-order valence-corrected chi connectivity index (χ4v) is 2.63. The minimum Gasteiger partial charge on any atom is -0.463 e. The molecule has 1 aliphatic heterocycles. The molecule has 1 aliphatic rings. The van der Waals surface area contributed by atoms with Crippen molar-refractivity contribution in [3.8, 4) is 0 Å². The van der Waals surface area contributed by atoms with Gasteiger partial charge >= 0.3 is 20.7 Å². The van der Waals surface area contributed by atoms with Gasteiger partial charge in [-0.1, -0.05) is 13.8 Å². The molecule has 1 fully saturated rings. The average molecular weight is 337 g/mol. The van der Waals surface area contributed by atoms with Crippen LogP contribution in [0.15, 0.2) is 0 Å². The van der Waals surface area contributed by atoms with Gasteiger partial charge in [-0.05, 0) is 13.8 Å². The minimum absolute atomic E-state index is 0.0405. The lowest BCUT2D eigenvalue weighted by Gasteiger charge is -2.32. The highest BCUT2D eigenvalue weighted by Gasteiger charge is 2.30. The van der Waals surface area contributed by atoms with Crippen molar-refractivity contribution in [2.75, 3.05) is 26.6 Å². The first-order valence-electron chi connectivity index (χ1n) is 6.87. The third-order valence-electron chi connectivity index (χ3n) is 2.55. The van der Waals surface area contributed by atoms with E-state index in [2.05, 4.69) is 5.32 Å². The van der Waals surface area contributed by atoms with Crippen LogP contribution in [-0.2, 0) is 27.8 Å². The second-order valence-corrected chi connectivity index (χ2v) is 7.62. The Labute approximate surface area is 131 Å². The van der Waals surface area contributed by atoms with E-state index in [4.69, 9.17) is 23.0 Å². The first-order chi connectivity index (χ1) is 10.1. The van der Waals surface area contributed by atoms with E-state index in [1.54, 1.807) is 13.8 Å². The molecule has 0 spiro atoms. The van der Waals surface area contributed by atoms with Crippen molar-refractivity contribution in [1.82, 2.24) is 5.32 Å². The van der Waals surface area contributed by atoms with Gasteiger partial charge in [-0.15, -0.1) is 0 Å². The number of alkyl carbamates (subject to hydrolysis) is 1. The topological polar surface area (TPSA) is 92.3 Å². The number of nitrogens with one attached hydrogen (secondary N) is 1. The van der Waals surface area contributed by atoms with Crippen LogP contribution in [0.25, 0.3) is 0 Å². The van der Waals surface area contributed by atoms with Gasteiger partial charge in [-0.3, -0.25) is 9.32 Å². The molecule has 0 radical (unpaired) electrons. The lowest BCUT2D eigenvalue weighted by molar-refractivity contribution is -0.142. The molecule has 0 aliphatic carbocycles. The van der Waals surface area contributed by atoms with Gasteiger partial charge in [0.25, 0.3) is 0 Å². The van der Waals surface area contributed by atoms with Gasteiger partial charge < -0.3 is 23.8 Å². The summed E-state index contributed by atoms with van der Waals surface area (Å²) in [5.41, 5.74) is -0.781. The lowest BCUT2D eigenvalue weighted by Crippen LogP contribution is -2.47. The first-order valence-corrected chi connectivity index (χ1v) is 7.96. The Balaban J connectivity index is 2.19. The Kier molecular flexibility index (Phi) is 6.99. The summed E-state index contributed by atoms with van der Waals surface area (Å²) in [6.07, 6.45) is -0.676. The van der Waals surface area contributed by atoms with Crippen LogP contribution in [0.3, 0.4) is 0 Å². The summed E-state index contributed by atoms with van der Waals surface area (Å²) >= 11 is 0. The number of rotatable bonds is 6. The molecule has 1 saturated heterocycles. The Bertz CT molecular complexity index is 390. The lowest BCUT2D eigenvalue weighted by atomic mass is 9.97. The molecule has 9 heteroatoms. The van der Waals surface area contributed by atoms with E-state index in [1.807, 2.05) is 13.8 Å². The van der Waals surface area contributed by atoms with Crippen LogP contribution in [-0.4, -0.2) is 44.2 Å². The van der Waals surface area contributed by atoms with Gasteiger partial charge in [0.2, 0.25) is 6.79 Å². The van der Waals surface area contributed by atoms with Crippen molar-refractivity contribution >= 4 is 20.7 Å². The Hall–Kier alpha value is -0.950. The molecule has 1 N–H and O–H groups in total. The molecule has 0 bridgehead atoms. The van der Waals surface area contributed by atoms with E-state index >= 15 is 0 Å². The van der Waals surface area contributed by atoms with Crippen LogP contribution >= 0.6 is 8.60 Å². The van der Waals surface area contributed by atoms with Crippen LogP contribution in [0.2, 0.25) is 0 Å². The summed E-state index contributed by atoms with van der Waals surface area (Å²) in [6, 6.07) is 0. The van der Waals surface area contributed by atoms with E-state index in [9.17, 15) is 9.59 Å². The highest BCUT2D eigenvalue weighted by atomic mass is 31.2. The fourth-order valence-electron chi connectivity index (χ4n) is 1.36. The second-order valence-electron chi connectivity index (χ2n) is 6.40. The average Bonchev–Trinajstić information content (AvgIpc) is 2.38. The van der Waals surface area contributed by atoms with Crippen molar-refractivity contribution in [3.05, 3.63) is 0 Å². The third-order valence-corrected chi connectivity index (χ3v) is 3.54. The van der Waals surface area contributed by atoms with Crippen molar-refractivity contribution < 1.29 is 32.6 Å². The van der Waals surface area contributed by atoms with Crippen molar-refractivity contribution in [3.63, 3.8) is 0 Å². The number of esters is 1. The number of carbonyl (C=O) groups is 2. The maximum absolute atomic E-state index is 11.6. The van der Waals surface area contributed by atoms with Crippen molar-refractivity contribution in [2.24, 2.45) is 5.41 Å². The highest BCUT2D eigenvalue weighted by molar-refractivity contribution is 7.41. The summed E-state index contributed by atoms with van der Waals surface area (Å²) in [7, 11) is -1.48. The van der Waals surface area contributed by atoms with Crippen molar-refractivity contribution in [1.29, 1.82) is 0 Å². The normalized spacial score (nSPS) is 18.6. The minimum atomic E-state index is -1.48. The zero-order chi connectivity index (χ0) is 16.8. The molecule has 1 amide bonds. The van der Waals surface area contributed by atoms with E-state index in [1.165, 1.54) is 6.92 Å². The third kappa shape index (κ3) is 7.89. The molecule has 22 heavy (non-hydrogen) atoms. The predicted molar refractivity (Wildman–Crippen MR) is 78.9 cm³/mol. The smallest absolute Gasteiger partial charge is 0.409 e. The molecule has 8 nitrogen and oxygen atoms in total. The van der Waals surface area contributed by atoms with Crippen LogP contribution in [0, 0.1) is 5.41 Å². The summed E-state index contributed by atoms with van der Waals surface area (Å²) in [6.45, 7) is 9.59. The van der Waals surface area contributed by atoms with Gasteiger partial charge in [0.15, 0.2) is 0 Å². The molecule has 0 atom stereocenters. The molecule has 0 saturated carbocycles.